The van der Waals surface area contributed by atoms with Crippen LogP contribution in [0.4, 0.5) is 17.1 Å². The summed E-state index contributed by atoms with van der Waals surface area (Å²) >= 11 is 0. The molecule has 0 amide bonds. The molecule has 0 radical (unpaired) electrons. The molecule has 8 aromatic carbocycles. The molecule has 0 saturated carbocycles. The highest BCUT2D eigenvalue weighted by Gasteiger charge is 2.45. The Morgan fingerprint density at radius 1 is 0.620 bits per heavy atom. The van der Waals surface area contributed by atoms with Gasteiger partial charge >= 0.3 is 5.97 Å². The van der Waals surface area contributed by atoms with Crippen LogP contribution in [0.1, 0.15) is 110 Å². The molecule has 402 valence electrons. The molecule has 0 spiro atoms. The summed E-state index contributed by atoms with van der Waals surface area (Å²) in [4.78, 5) is 21.0. The van der Waals surface area contributed by atoms with Crippen molar-refractivity contribution in [2.75, 3.05) is 67.7 Å². The second-order valence-electron chi connectivity index (χ2n) is 22.4. The van der Waals surface area contributed by atoms with Crippen molar-refractivity contribution in [3.05, 3.63) is 209 Å². The summed E-state index contributed by atoms with van der Waals surface area (Å²) < 4.78 is 26.4. The van der Waals surface area contributed by atoms with Crippen LogP contribution in [0.2, 0.25) is 0 Å². The van der Waals surface area contributed by atoms with Crippen molar-refractivity contribution in [2.24, 2.45) is 0 Å². The van der Waals surface area contributed by atoms with Crippen molar-refractivity contribution >= 4 is 39.9 Å². The molecule has 8 heteroatoms. The Kier molecular flexibility index (Phi) is 14.7. The van der Waals surface area contributed by atoms with Crippen LogP contribution in [0, 0.1) is 0 Å². The quantitative estimate of drug-likeness (QED) is 0.0660. The lowest BCUT2D eigenvalue weighted by Crippen LogP contribution is -2.46. The van der Waals surface area contributed by atoms with Crippen LogP contribution < -0.4 is 28.9 Å². The lowest BCUT2D eigenvalue weighted by atomic mass is 9.76. The zero-order valence-corrected chi connectivity index (χ0v) is 46.4. The predicted octanol–water partition coefficient (Wildman–Crippen LogP) is 16.1. The van der Waals surface area contributed by atoms with Gasteiger partial charge in [0.2, 0.25) is 0 Å². The van der Waals surface area contributed by atoms with Gasteiger partial charge < -0.3 is 33.6 Å². The minimum atomic E-state index is -0.905. The molecule has 1 aliphatic carbocycles. The maximum Gasteiger partial charge on any atom is 0.338 e. The van der Waals surface area contributed by atoms with E-state index in [0.29, 0.717) is 31.5 Å². The van der Waals surface area contributed by atoms with E-state index in [1.807, 2.05) is 36.4 Å². The number of hydrogen-bond acceptors (Lipinski definition) is 8. The van der Waals surface area contributed by atoms with Crippen LogP contribution in [0.15, 0.2) is 176 Å². The lowest BCUT2D eigenvalue weighted by Gasteiger charge is -2.39. The van der Waals surface area contributed by atoms with Crippen LogP contribution in [0.25, 0.3) is 39.1 Å². The lowest BCUT2D eigenvalue weighted by molar-refractivity contribution is 0.0245. The number of carbonyl (C=O) groups excluding carboxylic acids is 1. The Morgan fingerprint density at radius 2 is 1.23 bits per heavy atom. The van der Waals surface area contributed by atoms with Gasteiger partial charge in [0.25, 0.3) is 0 Å². The van der Waals surface area contributed by atoms with Crippen LogP contribution in [0.3, 0.4) is 0 Å². The maximum absolute atomic E-state index is 13.6. The van der Waals surface area contributed by atoms with Gasteiger partial charge in [0.05, 0.1) is 25.0 Å². The summed E-state index contributed by atoms with van der Waals surface area (Å²) in [5.74, 6) is 2.24. The summed E-state index contributed by atoms with van der Waals surface area (Å²) in [5, 5.41) is 2.15. The van der Waals surface area contributed by atoms with Gasteiger partial charge in [-0.1, -0.05) is 168 Å². The van der Waals surface area contributed by atoms with Crippen molar-refractivity contribution in [3.63, 3.8) is 0 Å². The number of piperazine rings is 1. The molecule has 4 aliphatic rings. The van der Waals surface area contributed by atoms with Crippen LogP contribution in [-0.4, -0.2) is 65.1 Å². The third kappa shape index (κ3) is 10.1. The average Bonchev–Trinajstić information content (AvgIpc) is 3.99. The Bertz CT molecular complexity index is 3450. The normalized spacial score (nSPS) is 17.4. The van der Waals surface area contributed by atoms with E-state index in [-0.39, 0.29) is 17.5 Å². The molecule has 12 rings (SSSR count). The number of nitrogens with zero attached hydrogens (tertiary/aromatic N) is 3. The van der Waals surface area contributed by atoms with Gasteiger partial charge in [0.15, 0.2) is 5.60 Å². The zero-order valence-electron chi connectivity index (χ0n) is 46.4. The predicted molar refractivity (Wildman–Crippen MR) is 324 cm³/mol. The average molecular weight is 1050 g/mol. The number of fused-ring (bicyclic) bond motifs is 8. The van der Waals surface area contributed by atoms with Gasteiger partial charge in [0.1, 0.15) is 23.4 Å². The summed E-state index contributed by atoms with van der Waals surface area (Å²) in [5.41, 5.74) is 13.3. The van der Waals surface area contributed by atoms with Gasteiger partial charge in [-0.15, -0.1) is 0 Å². The van der Waals surface area contributed by atoms with E-state index < -0.39 is 5.60 Å². The number of benzene rings is 8. The molecule has 3 aliphatic heterocycles. The first-order valence-corrected chi connectivity index (χ1v) is 28.9. The molecule has 3 heterocycles. The number of anilines is 3. The molecule has 79 heavy (non-hydrogen) atoms. The second-order valence-corrected chi connectivity index (χ2v) is 22.4. The van der Waals surface area contributed by atoms with E-state index in [2.05, 4.69) is 181 Å². The molecule has 8 aromatic rings. The fourth-order valence-electron chi connectivity index (χ4n) is 12.9. The van der Waals surface area contributed by atoms with E-state index in [1.54, 1.807) is 7.11 Å². The maximum atomic E-state index is 13.6. The number of rotatable bonds is 17. The number of esters is 1. The Balaban J connectivity index is 0.792. The molecule has 0 N–H and O–H groups in total. The number of hydrogen-bond donors (Lipinski definition) is 0. The Hall–Kier alpha value is -7.97. The molecule has 0 bridgehead atoms. The number of piperidine rings is 1. The monoisotopic (exact) mass is 1050 g/mol. The van der Waals surface area contributed by atoms with Gasteiger partial charge in [-0.3, -0.25) is 0 Å². The molecular formula is C71H73N3O5. The fraction of sp³-hybridized carbons (Fsp3) is 0.310. The molecule has 2 saturated heterocycles. The van der Waals surface area contributed by atoms with Crippen LogP contribution in [0.5, 0.6) is 17.2 Å². The highest BCUT2D eigenvalue weighted by molar-refractivity contribution is 6.10. The van der Waals surface area contributed by atoms with Crippen LogP contribution in [-0.2, 0) is 15.8 Å². The number of para-hydroxylation sites is 1. The number of unbranched alkanes of at least 4 members (excludes halogenated alkanes) is 5. The standard InChI is InChI=1S/C71H73N3O5/c1-5-6-7-8-9-18-47-77-57-35-29-51(30-36-57)50-25-27-52(28-26-50)69(75)78-58-38-41-74(42-39-58)64-48-61-62(49-65(64)76-4)68-60(67-66(61)59-23-16-17-24-63(59)70(67,2)3)37-40-71(79-68,53-19-12-10-13-20-53)54-31-33-56(34-32-54)73-45-43-72(44-46-73)55-21-14-11-15-22-55/h10-17,19-37,40,48-49,58H,5-9,18,38-39,41-47H2,1-4H3. The molecule has 1 unspecified atom stereocenters. The summed E-state index contributed by atoms with van der Waals surface area (Å²) in [6, 6.07) is 59.9. The Morgan fingerprint density at radius 3 is 1.91 bits per heavy atom. The minimum Gasteiger partial charge on any atom is -0.495 e. The smallest absolute Gasteiger partial charge is 0.338 e. The number of methoxy groups -OCH3 is 1. The topological polar surface area (TPSA) is 63.7 Å². The first kappa shape index (κ1) is 51.8. The highest BCUT2D eigenvalue weighted by atomic mass is 16.5. The third-order valence-corrected chi connectivity index (χ3v) is 17.2. The Labute approximate surface area is 467 Å². The second kappa shape index (κ2) is 22.4. The first-order valence-electron chi connectivity index (χ1n) is 28.9. The van der Waals surface area contributed by atoms with Gasteiger partial charge in [0, 0.05) is 91.0 Å². The van der Waals surface area contributed by atoms with Crippen molar-refractivity contribution in [1.82, 2.24) is 0 Å². The molecule has 2 fully saturated rings. The van der Waals surface area contributed by atoms with Crippen molar-refractivity contribution in [3.8, 4) is 39.5 Å². The van der Waals surface area contributed by atoms with Crippen LogP contribution >= 0.6 is 0 Å². The largest absolute Gasteiger partial charge is 0.495 e. The zero-order chi connectivity index (χ0) is 53.9. The van der Waals surface area contributed by atoms with E-state index in [4.69, 9.17) is 18.9 Å². The first-order chi connectivity index (χ1) is 38.7. The SMILES string of the molecule is CCCCCCCCOc1ccc(-c2ccc(C(=O)OC3CCN(c4cc5c6c(c7c(c5cc4OC)OC(c4ccccc4)(c4ccc(N5CCN(c8ccccc8)CC5)cc4)C=C7)C(C)(C)c4ccccc4-6)CC3)cc2)cc1. The van der Waals surface area contributed by atoms with Crippen molar-refractivity contribution in [1.29, 1.82) is 0 Å². The number of ether oxygens (including phenoxy) is 4. The van der Waals surface area contributed by atoms with Gasteiger partial charge in [-0.25, -0.2) is 4.79 Å². The van der Waals surface area contributed by atoms with Crippen molar-refractivity contribution < 1.29 is 23.7 Å². The molecule has 1 atom stereocenters. The fourth-order valence-corrected chi connectivity index (χ4v) is 12.9. The van der Waals surface area contributed by atoms with E-state index in [9.17, 15) is 4.79 Å². The van der Waals surface area contributed by atoms with E-state index >= 15 is 0 Å². The van der Waals surface area contributed by atoms with Gasteiger partial charge in [-0.05, 0) is 112 Å². The minimum absolute atomic E-state index is 0.201. The summed E-state index contributed by atoms with van der Waals surface area (Å²) in [6.07, 6.45) is 13.3. The molecule has 0 aromatic heterocycles. The molecular weight excluding hydrogens is 975 g/mol. The highest BCUT2D eigenvalue weighted by Crippen LogP contribution is 2.59. The van der Waals surface area contributed by atoms with Gasteiger partial charge in [-0.2, -0.15) is 0 Å². The molecule has 8 nitrogen and oxygen atoms in total. The van der Waals surface area contributed by atoms with E-state index in [1.165, 1.54) is 65.7 Å². The van der Waals surface area contributed by atoms with E-state index in [0.717, 1.165) is 101 Å². The third-order valence-electron chi connectivity index (χ3n) is 17.2. The summed E-state index contributed by atoms with van der Waals surface area (Å²) in [7, 11) is 1.77. The number of carbonyl (C=O) groups is 1. The summed E-state index contributed by atoms with van der Waals surface area (Å²) in [6.45, 7) is 13.0. The van der Waals surface area contributed by atoms with Crippen molar-refractivity contribution in [2.45, 2.75) is 89.3 Å².